The SMILES string of the molecule is Cc1ccc(C(=O)N2CC(c3ccc(C#N)cc3)C2)cc1-c1[nH]c(C2(C)COC2)nc1C#N.Cc1ccc(C(=O)O)cc1-c1[nH]c(C2(C)COC2)nc1C#N.Cl.N#Cc1ccc(C2CNC2)cc1. The molecular weight excluding hydrogens is 880 g/mol. The van der Waals surface area contributed by atoms with Crippen molar-refractivity contribution in [3.63, 3.8) is 0 Å². The second-order valence-corrected chi connectivity index (χ2v) is 18.0. The van der Waals surface area contributed by atoms with E-state index in [1.807, 2.05) is 92.4 Å². The minimum atomic E-state index is -1.00. The van der Waals surface area contributed by atoms with Crippen molar-refractivity contribution in [1.29, 1.82) is 21.0 Å². The van der Waals surface area contributed by atoms with E-state index in [1.54, 1.807) is 18.2 Å². The Morgan fingerprint density at radius 1 is 0.647 bits per heavy atom. The molecule has 15 nitrogen and oxygen atoms in total. The highest BCUT2D eigenvalue weighted by Gasteiger charge is 2.40. The summed E-state index contributed by atoms with van der Waals surface area (Å²) in [6.45, 7) is 13.6. The third kappa shape index (κ3) is 9.75. The van der Waals surface area contributed by atoms with Crippen LogP contribution in [0.2, 0.25) is 0 Å². The first-order valence-electron chi connectivity index (χ1n) is 21.9. The molecule has 0 saturated carbocycles. The van der Waals surface area contributed by atoms with Crippen molar-refractivity contribution < 1.29 is 24.2 Å². The number of aromatic nitrogens is 4. The molecule has 344 valence electrons. The fourth-order valence-corrected chi connectivity index (χ4v) is 8.23. The van der Waals surface area contributed by atoms with Crippen LogP contribution in [0, 0.1) is 59.2 Å². The van der Waals surface area contributed by atoms with E-state index in [-0.39, 0.29) is 46.3 Å². The molecule has 1 amide bonds. The van der Waals surface area contributed by atoms with Crippen LogP contribution < -0.4 is 5.32 Å². The predicted molar refractivity (Wildman–Crippen MR) is 254 cm³/mol. The van der Waals surface area contributed by atoms with Crippen LogP contribution in [0.15, 0.2) is 84.9 Å². The van der Waals surface area contributed by atoms with Crippen LogP contribution in [0.4, 0.5) is 0 Å². The number of nitriles is 4. The summed E-state index contributed by atoms with van der Waals surface area (Å²) in [5.41, 5.74) is 9.33. The molecular formula is C52H49ClN10O5. The molecule has 0 atom stereocenters. The van der Waals surface area contributed by atoms with E-state index >= 15 is 0 Å². The first kappa shape index (κ1) is 48.3. The standard InChI is InChI=1S/C26H23N5O2.C16H15N3O3.C10H10N2.ClH/c1-16-3-6-19(24(32)31-12-20(13-31)18-7-4-17(10-27)5-8-18)9-21(16)23-22(11-28)29-25(30-23)26(2)14-33-15-26;1-9-3-4-10(14(20)21)5-11(9)13-12(6-17)18-15(19-13)16(2)7-22-8-16;11-5-8-1-3-9(4-2-8)10-6-12-7-10;/h3-9,20H,12-15H2,1-2H3,(H,29,30);3-5H,7-8H2,1-2H3,(H,18,19)(H,20,21);1-4,10,12H,6-7H2;1H. The Morgan fingerprint density at radius 3 is 1.44 bits per heavy atom. The van der Waals surface area contributed by atoms with Gasteiger partial charge in [-0.05, 0) is 98.5 Å². The molecule has 4 fully saturated rings. The zero-order valence-electron chi connectivity index (χ0n) is 38.0. The molecule has 10 rings (SSSR count). The number of rotatable bonds is 8. The Labute approximate surface area is 400 Å². The number of carboxylic acid groups (broad SMARTS) is 1. The number of nitrogens with one attached hydrogen (secondary N) is 3. The molecule has 4 aromatic carbocycles. The molecule has 0 spiro atoms. The number of carbonyl (C=O) groups is 2. The van der Waals surface area contributed by atoms with E-state index < -0.39 is 5.97 Å². The fraction of sp³-hybridized carbons (Fsp3) is 0.308. The van der Waals surface area contributed by atoms with E-state index in [9.17, 15) is 20.1 Å². The van der Waals surface area contributed by atoms with Crippen LogP contribution in [-0.4, -0.2) is 94.4 Å². The van der Waals surface area contributed by atoms with E-state index in [0.29, 0.717) is 85.0 Å². The van der Waals surface area contributed by atoms with Gasteiger partial charge in [0.1, 0.15) is 23.8 Å². The second-order valence-electron chi connectivity index (χ2n) is 18.0. The van der Waals surface area contributed by atoms with Gasteiger partial charge in [0, 0.05) is 54.7 Å². The van der Waals surface area contributed by atoms with Crippen LogP contribution in [0.3, 0.4) is 0 Å². The maximum Gasteiger partial charge on any atom is 0.335 e. The first-order chi connectivity index (χ1) is 32.3. The maximum absolute atomic E-state index is 13.1. The highest BCUT2D eigenvalue weighted by molar-refractivity contribution is 5.96. The average Bonchev–Trinajstić information content (AvgIpc) is 3.93. The number of amides is 1. The summed E-state index contributed by atoms with van der Waals surface area (Å²) in [5.74, 6) is 1.35. The van der Waals surface area contributed by atoms with Crippen LogP contribution in [0.5, 0.6) is 0 Å². The minimum absolute atomic E-state index is 0. The van der Waals surface area contributed by atoms with Crippen molar-refractivity contribution in [2.45, 2.75) is 50.4 Å². The molecule has 6 aromatic rings. The van der Waals surface area contributed by atoms with Gasteiger partial charge < -0.3 is 34.8 Å². The molecule has 4 aliphatic heterocycles. The molecule has 16 heteroatoms. The number of hydrogen-bond donors (Lipinski definition) is 4. The molecule has 0 unspecified atom stereocenters. The monoisotopic (exact) mass is 928 g/mol. The van der Waals surface area contributed by atoms with Gasteiger partial charge in [-0.25, -0.2) is 14.8 Å². The number of aromatic carboxylic acids is 1. The Bertz CT molecular complexity index is 3020. The van der Waals surface area contributed by atoms with Crippen LogP contribution >= 0.6 is 12.4 Å². The van der Waals surface area contributed by atoms with E-state index in [2.05, 4.69) is 56.5 Å². The smallest absolute Gasteiger partial charge is 0.335 e. The number of H-pyrrole nitrogens is 2. The Hall–Kier alpha value is -7.63. The molecule has 0 radical (unpaired) electrons. The lowest BCUT2D eigenvalue weighted by atomic mass is 9.88. The molecule has 0 aliphatic carbocycles. The van der Waals surface area contributed by atoms with Crippen molar-refractivity contribution in [2.24, 2.45) is 0 Å². The van der Waals surface area contributed by atoms with Gasteiger partial charge in [0.05, 0.1) is 77.5 Å². The number of hydrogen-bond acceptors (Lipinski definition) is 11. The van der Waals surface area contributed by atoms with Gasteiger partial charge in [-0.3, -0.25) is 4.79 Å². The Kier molecular flexibility index (Phi) is 14.3. The van der Waals surface area contributed by atoms with Gasteiger partial charge in [-0.1, -0.05) is 36.4 Å². The molecule has 6 heterocycles. The Balaban J connectivity index is 0.000000168. The lowest BCUT2D eigenvalue weighted by Crippen LogP contribution is -2.48. The van der Waals surface area contributed by atoms with Crippen molar-refractivity contribution in [3.8, 4) is 46.8 Å². The normalized spacial score (nSPS) is 16.3. The highest BCUT2D eigenvalue weighted by atomic mass is 35.5. The van der Waals surface area contributed by atoms with Gasteiger partial charge >= 0.3 is 5.97 Å². The summed E-state index contributed by atoms with van der Waals surface area (Å²) >= 11 is 0. The summed E-state index contributed by atoms with van der Waals surface area (Å²) < 4.78 is 10.6. The Morgan fingerprint density at radius 2 is 1.07 bits per heavy atom. The zero-order valence-corrected chi connectivity index (χ0v) is 38.8. The largest absolute Gasteiger partial charge is 0.478 e. The van der Waals surface area contributed by atoms with Gasteiger partial charge in [0.25, 0.3) is 5.91 Å². The molecule has 2 aromatic heterocycles. The van der Waals surface area contributed by atoms with Crippen molar-refractivity contribution in [2.75, 3.05) is 52.6 Å². The van der Waals surface area contributed by atoms with Gasteiger partial charge in [-0.15, -0.1) is 12.4 Å². The zero-order chi connectivity index (χ0) is 47.5. The molecule has 4 aliphatic rings. The third-order valence-corrected chi connectivity index (χ3v) is 12.9. The summed E-state index contributed by atoms with van der Waals surface area (Å²) in [6, 6.07) is 34.4. The average molecular weight is 929 g/mol. The van der Waals surface area contributed by atoms with Crippen LogP contribution in [-0.2, 0) is 20.3 Å². The number of likely N-dealkylation sites (tertiary alicyclic amines) is 1. The molecule has 68 heavy (non-hydrogen) atoms. The minimum Gasteiger partial charge on any atom is -0.478 e. The van der Waals surface area contributed by atoms with E-state index in [1.165, 1.54) is 5.56 Å². The quantitative estimate of drug-likeness (QED) is 0.116. The number of halogens is 1. The topological polar surface area (TPSA) is 241 Å². The summed E-state index contributed by atoms with van der Waals surface area (Å²) in [6.07, 6.45) is 0. The number of nitrogens with zero attached hydrogens (tertiary/aromatic N) is 7. The highest BCUT2D eigenvalue weighted by Crippen LogP contribution is 2.36. The lowest BCUT2D eigenvalue weighted by Gasteiger charge is -2.39. The summed E-state index contributed by atoms with van der Waals surface area (Å²) in [5, 5.41) is 48.9. The fourth-order valence-electron chi connectivity index (χ4n) is 8.23. The first-order valence-corrected chi connectivity index (χ1v) is 21.9. The van der Waals surface area contributed by atoms with Gasteiger partial charge in [0.2, 0.25) is 0 Å². The number of imidazole rings is 2. The van der Waals surface area contributed by atoms with E-state index in [0.717, 1.165) is 46.7 Å². The summed E-state index contributed by atoms with van der Waals surface area (Å²) in [7, 11) is 0. The number of carbonyl (C=O) groups excluding carboxylic acids is 1. The molecule has 4 N–H and O–H groups in total. The van der Waals surface area contributed by atoms with Gasteiger partial charge in [-0.2, -0.15) is 21.0 Å². The molecule has 4 saturated heterocycles. The third-order valence-electron chi connectivity index (χ3n) is 12.9. The summed E-state index contributed by atoms with van der Waals surface area (Å²) in [4.78, 5) is 41.6. The van der Waals surface area contributed by atoms with Crippen LogP contribution in [0.25, 0.3) is 22.5 Å². The number of ether oxygens (including phenoxy) is 2. The predicted octanol–water partition coefficient (Wildman–Crippen LogP) is 7.57. The second kappa shape index (κ2) is 20.1. The maximum atomic E-state index is 13.1. The molecule has 0 bridgehead atoms. The number of aromatic amines is 2. The lowest BCUT2D eigenvalue weighted by molar-refractivity contribution is -0.0539. The van der Waals surface area contributed by atoms with Crippen molar-refractivity contribution in [3.05, 3.63) is 152 Å². The number of carboxylic acids is 1. The van der Waals surface area contributed by atoms with E-state index in [4.69, 9.17) is 25.1 Å². The van der Waals surface area contributed by atoms with Gasteiger partial charge in [0.15, 0.2) is 11.4 Å². The van der Waals surface area contributed by atoms with Crippen LogP contribution in [0.1, 0.15) is 103 Å². The van der Waals surface area contributed by atoms with Crippen molar-refractivity contribution >= 4 is 24.3 Å². The number of aryl methyl sites for hydroxylation is 2. The van der Waals surface area contributed by atoms with Crippen molar-refractivity contribution in [1.82, 2.24) is 30.2 Å². The number of benzene rings is 4.